The number of halogens is 1. The molecule has 0 saturated heterocycles. The molecule has 1 amide bonds. The molecule has 116 valence electrons. The first-order valence-corrected chi connectivity index (χ1v) is 6.79. The van der Waals surface area contributed by atoms with Gasteiger partial charge < -0.3 is 10.5 Å². The van der Waals surface area contributed by atoms with Gasteiger partial charge in [0.1, 0.15) is 16.9 Å². The van der Waals surface area contributed by atoms with Crippen LogP contribution in [0.5, 0.6) is 0 Å². The molecule has 2 aromatic heterocycles. The van der Waals surface area contributed by atoms with E-state index in [1.807, 2.05) is 0 Å². The standard InChI is InChI=1S/C16H12FN3O3/c17-11-5-3-10(4-6-11)9-19-15(21)12-8-13-14(2-1-7-18-13)20(23)16(12)22/h1-8,23H,9H2,(H,19,21). The summed E-state index contributed by atoms with van der Waals surface area (Å²) in [7, 11) is 0. The van der Waals surface area contributed by atoms with Crippen LogP contribution >= 0.6 is 0 Å². The molecule has 1 aromatic carbocycles. The third-order valence-electron chi connectivity index (χ3n) is 3.36. The number of nitrogens with zero attached hydrogens (tertiary/aromatic N) is 2. The molecule has 2 heterocycles. The Balaban J connectivity index is 1.87. The maximum Gasteiger partial charge on any atom is 0.296 e. The Kier molecular flexibility index (Phi) is 3.76. The number of carbonyl (C=O) groups is 1. The van der Waals surface area contributed by atoms with Crippen molar-refractivity contribution in [3.63, 3.8) is 0 Å². The molecule has 0 aliphatic heterocycles. The highest BCUT2D eigenvalue weighted by Crippen LogP contribution is 2.09. The fraction of sp³-hybridized carbons (Fsp3) is 0.0625. The van der Waals surface area contributed by atoms with E-state index in [2.05, 4.69) is 10.3 Å². The van der Waals surface area contributed by atoms with E-state index >= 15 is 0 Å². The highest BCUT2D eigenvalue weighted by molar-refractivity contribution is 5.96. The van der Waals surface area contributed by atoms with Crippen LogP contribution in [-0.4, -0.2) is 20.8 Å². The maximum absolute atomic E-state index is 12.8. The summed E-state index contributed by atoms with van der Waals surface area (Å²) in [6.07, 6.45) is 1.49. The van der Waals surface area contributed by atoms with Crippen molar-refractivity contribution < 1.29 is 14.4 Å². The van der Waals surface area contributed by atoms with Crippen molar-refractivity contribution in [3.05, 3.63) is 76.0 Å². The summed E-state index contributed by atoms with van der Waals surface area (Å²) in [5, 5.41) is 12.4. The van der Waals surface area contributed by atoms with E-state index in [-0.39, 0.29) is 23.4 Å². The molecule has 0 spiro atoms. The molecule has 3 aromatic rings. The van der Waals surface area contributed by atoms with Crippen LogP contribution in [0.2, 0.25) is 0 Å². The normalized spacial score (nSPS) is 10.7. The summed E-state index contributed by atoms with van der Waals surface area (Å²) >= 11 is 0. The number of carbonyl (C=O) groups excluding carboxylic acids is 1. The lowest BCUT2D eigenvalue weighted by Crippen LogP contribution is -2.32. The number of hydrogen-bond donors (Lipinski definition) is 2. The Labute approximate surface area is 129 Å². The fourth-order valence-electron chi connectivity index (χ4n) is 2.16. The lowest BCUT2D eigenvalue weighted by atomic mass is 10.2. The molecule has 0 bridgehead atoms. The predicted octanol–water partition coefficient (Wildman–Crippen LogP) is 1.70. The summed E-state index contributed by atoms with van der Waals surface area (Å²) in [5.74, 6) is -1.02. The van der Waals surface area contributed by atoms with E-state index in [1.54, 1.807) is 6.07 Å². The Morgan fingerprint density at radius 3 is 2.74 bits per heavy atom. The molecular formula is C16H12FN3O3. The molecule has 0 fully saturated rings. The Morgan fingerprint density at radius 1 is 1.26 bits per heavy atom. The average Bonchev–Trinajstić information content (AvgIpc) is 2.57. The number of pyridine rings is 2. The van der Waals surface area contributed by atoms with Crippen LogP contribution in [0.25, 0.3) is 11.0 Å². The van der Waals surface area contributed by atoms with Crippen molar-refractivity contribution in [2.75, 3.05) is 0 Å². The molecule has 23 heavy (non-hydrogen) atoms. The van der Waals surface area contributed by atoms with Crippen LogP contribution in [0.3, 0.4) is 0 Å². The molecule has 0 radical (unpaired) electrons. The number of amides is 1. The van der Waals surface area contributed by atoms with Crippen LogP contribution < -0.4 is 10.9 Å². The SMILES string of the molecule is O=C(NCc1ccc(F)cc1)c1cc2ncccc2n(O)c1=O. The van der Waals surface area contributed by atoms with Crippen molar-refractivity contribution in [1.82, 2.24) is 15.0 Å². The topological polar surface area (TPSA) is 84.2 Å². The zero-order valence-electron chi connectivity index (χ0n) is 11.9. The fourth-order valence-corrected chi connectivity index (χ4v) is 2.16. The van der Waals surface area contributed by atoms with E-state index in [9.17, 15) is 19.2 Å². The highest BCUT2D eigenvalue weighted by atomic mass is 19.1. The van der Waals surface area contributed by atoms with E-state index < -0.39 is 11.5 Å². The summed E-state index contributed by atoms with van der Waals surface area (Å²) < 4.78 is 13.2. The molecule has 0 aliphatic rings. The van der Waals surface area contributed by atoms with Crippen LogP contribution in [0.4, 0.5) is 4.39 Å². The van der Waals surface area contributed by atoms with Gasteiger partial charge in [-0.05, 0) is 35.9 Å². The molecule has 7 heteroatoms. The van der Waals surface area contributed by atoms with Gasteiger partial charge in [0.2, 0.25) is 0 Å². The Bertz CT molecular complexity index is 935. The molecule has 0 atom stereocenters. The van der Waals surface area contributed by atoms with Crippen LogP contribution in [-0.2, 0) is 6.54 Å². The second kappa shape index (κ2) is 5.88. The second-order valence-electron chi connectivity index (χ2n) is 4.89. The quantitative estimate of drug-likeness (QED) is 0.721. The minimum atomic E-state index is -0.831. The van der Waals surface area contributed by atoms with Gasteiger partial charge in [-0.1, -0.05) is 12.1 Å². The van der Waals surface area contributed by atoms with Crippen LogP contribution in [0, 0.1) is 5.82 Å². The van der Waals surface area contributed by atoms with Crippen molar-refractivity contribution in [3.8, 4) is 0 Å². The van der Waals surface area contributed by atoms with Crippen LogP contribution in [0.1, 0.15) is 15.9 Å². The zero-order valence-corrected chi connectivity index (χ0v) is 11.9. The Morgan fingerprint density at radius 2 is 2.00 bits per heavy atom. The van der Waals surface area contributed by atoms with Gasteiger partial charge in [0, 0.05) is 12.7 Å². The second-order valence-corrected chi connectivity index (χ2v) is 4.89. The summed E-state index contributed by atoms with van der Waals surface area (Å²) in [6, 6.07) is 10.0. The molecule has 2 N–H and O–H groups in total. The van der Waals surface area contributed by atoms with E-state index in [1.165, 1.54) is 42.6 Å². The minimum absolute atomic E-state index is 0.129. The van der Waals surface area contributed by atoms with Gasteiger partial charge in [-0.3, -0.25) is 14.6 Å². The monoisotopic (exact) mass is 313 g/mol. The van der Waals surface area contributed by atoms with Gasteiger partial charge in [0.05, 0.1) is 5.52 Å². The largest absolute Gasteiger partial charge is 0.425 e. The zero-order chi connectivity index (χ0) is 16.4. The summed E-state index contributed by atoms with van der Waals surface area (Å²) in [6.45, 7) is 0.129. The summed E-state index contributed by atoms with van der Waals surface area (Å²) in [4.78, 5) is 28.2. The molecule has 6 nitrogen and oxygen atoms in total. The lowest BCUT2D eigenvalue weighted by molar-refractivity contribution is 0.0943. The predicted molar refractivity (Wildman–Crippen MR) is 80.8 cm³/mol. The number of hydrogen-bond acceptors (Lipinski definition) is 4. The van der Waals surface area contributed by atoms with Gasteiger partial charge in [-0.25, -0.2) is 4.39 Å². The average molecular weight is 313 g/mol. The first kappa shape index (κ1) is 14.7. The molecular weight excluding hydrogens is 301 g/mol. The number of rotatable bonds is 3. The van der Waals surface area contributed by atoms with Gasteiger partial charge in [-0.2, -0.15) is 0 Å². The third kappa shape index (κ3) is 2.89. The number of fused-ring (bicyclic) bond motifs is 1. The first-order chi connectivity index (χ1) is 11.1. The molecule has 0 unspecified atom stereocenters. The first-order valence-electron chi connectivity index (χ1n) is 6.79. The number of aromatic nitrogens is 2. The third-order valence-corrected chi connectivity index (χ3v) is 3.36. The van der Waals surface area contributed by atoms with E-state index in [0.29, 0.717) is 15.8 Å². The minimum Gasteiger partial charge on any atom is -0.425 e. The summed E-state index contributed by atoms with van der Waals surface area (Å²) in [5.41, 5.74) is 0.167. The number of nitrogens with one attached hydrogen (secondary N) is 1. The van der Waals surface area contributed by atoms with E-state index in [4.69, 9.17) is 0 Å². The lowest BCUT2D eigenvalue weighted by Gasteiger charge is -2.08. The van der Waals surface area contributed by atoms with Crippen molar-refractivity contribution in [2.24, 2.45) is 0 Å². The van der Waals surface area contributed by atoms with Gasteiger partial charge in [0.15, 0.2) is 0 Å². The van der Waals surface area contributed by atoms with Gasteiger partial charge in [0.25, 0.3) is 11.5 Å². The van der Waals surface area contributed by atoms with Crippen LogP contribution in [0.15, 0.2) is 53.5 Å². The molecule has 0 aliphatic carbocycles. The van der Waals surface area contributed by atoms with Crippen molar-refractivity contribution in [2.45, 2.75) is 6.54 Å². The number of benzene rings is 1. The smallest absolute Gasteiger partial charge is 0.296 e. The molecule has 3 rings (SSSR count). The van der Waals surface area contributed by atoms with E-state index in [0.717, 1.165) is 0 Å². The van der Waals surface area contributed by atoms with Gasteiger partial charge in [-0.15, -0.1) is 4.73 Å². The maximum atomic E-state index is 12.8. The molecule has 0 saturated carbocycles. The highest BCUT2D eigenvalue weighted by Gasteiger charge is 2.15. The van der Waals surface area contributed by atoms with Crippen molar-refractivity contribution in [1.29, 1.82) is 0 Å². The van der Waals surface area contributed by atoms with Crippen molar-refractivity contribution >= 4 is 16.9 Å². The van der Waals surface area contributed by atoms with Gasteiger partial charge >= 0.3 is 0 Å². The Hall–Kier alpha value is -3.22.